The minimum Gasteiger partial charge on any atom is -0.462 e. The Balaban J connectivity index is 2.53. The van der Waals surface area contributed by atoms with Crippen molar-refractivity contribution in [1.82, 2.24) is 4.98 Å². The Morgan fingerprint density at radius 2 is 1.95 bits per heavy atom. The summed E-state index contributed by atoms with van der Waals surface area (Å²) in [7, 11) is 0. The van der Waals surface area contributed by atoms with Crippen LogP contribution in [-0.2, 0) is 4.74 Å². The first-order chi connectivity index (χ1) is 9.15. The largest absolute Gasteiger partial charge is 0.462 e. The van der Waals surface area contributed by atoms with E-state index in [0.29, 0.717) is 12.2 Å². The first-order valence-corrected chi connectivity index (χ1v) is 6.59. The number of nitrogens with one attached hydrogen (secondary N) is 1. The van der Waals surface area contributed by atoms with E-state index in [1.54, 1.807) is 0 Å². The zero-order valence-electron chi connectivity index (χ0n) is 11.6. The highest BCUT2D eigenvalue weighted by Gasteiger charge is 2.22. The summed E-state index contributed by atoms with van der Waals surface area (Å²) in [6.07, 6.45) is 1.89. The van der Waals surface area contributed by atoms with Crippen molar-refractivity contribution in [2.24, 2.45) is 0 Å². The molecule has 0 saturated heterocycles. The van der Waals surface area contributed by atoms with Crippen LogP contribution in [0.1, 0.15) is 42.7 Å². The molecular weight excluding hydrogens is 238 g/mol. The highest BCUT2D eigenvalue weighted by molar-refractivity contribution is 5.98. The summed E-state index contributed by atoms with van der Waals surface area (Å²) in [4.78, 5) is 15.4. The number of rotatable bonds is 4. The number of ether oxygens (including phenoxy) is 1. The van der Waals surface area contributed by atoms with Gasteiger partial charge in [0.2, 0.25) is 0 Å². The van der Waals surface area contributed by atoms with Crippen LogP contribution in [0.3, 0.4) is 0 Å². The number of hydrogen-bond acceptors (Lipinski definition) is 2. The third-order valence-electron chi connectivity index (χ3n) is 3.05. The molecule has 0 aliphatic heterocycles. The van der Waals surface area contributed by atoms with Crippen LogP contribution in [-0.4, -0.2) is 17.6 Å². The lowest BCUT2D eigenvalue weighted by Gasteiger charge is -2.09. The summed E-state index contributed by atoms with van der Waals surface area (Å²) in [5.74, 6) is -0.0110. The fourth-order valence-electron chi connectivity index (χ4n) is 2.16. The Hall–Kier alpha value is -2.03. The molecule has 0 spiro atoms. The summed E-state index contributed by atoms with van der Waals surface area (Å²) in [5, 5.41) is 0. The molecule has 1 aromatic carbocycles. The molecule has 0 atom stereocenters. The predicted octanol–water partition coefficient (Wildman–Crippen LogP) is 3.98. The topological polar surface area (TPSA) is 42.1 Å². The lowest BCUT2D eigenvalue weighted by molar-refractivity contribution is 0.0525. The molecular formula is C16H19NO2. The molecule has 0 aliphatic carbocycles. The highest BCUT2D eigenvalue weighted by atomic mass is 16.5. The minimum absolute atomic E-state index is 0.247. The van der Waals surface area contributed by atoms with Crippen LogP contribution in [0.5, 0.6) is 0 Å². The quantitative estimate of drug-likeness (QED) is 0.842. The van der Waals surface area contributed by atoms with Gasteiger partial charge in [-0.2, -0.15) is 0 Å². The van der Waals surface area contributed by atoms with Crippen LogP contribution in [0, 0.1) is 0 Å². The second kappa shape index (κ2) is 5.74. The number of aromatic amines is 1. The van der Waals surface area contributed by atoms with Crippen molar-refractivity contribution in [2.75, 3.05) is 6.61 Å². The first-order valence-electron chi connectivity index (χ1n) is 6.59. The van der Waals surface area contributed by atoms with E-state index >= 15 is 0 Å². The Bertz CT molecular complexity index is 555. The average Bonchev–Trinajstić information content (AvgIpc) is 2.85. The number of carbonyl (C=O) groups is 1. The third kappa shape index (κ3) is 2.70. The van der Waals surface area contributed by atoms with Gasteiger partial charge in [0.15, 0.2) is 0 Å². The molecule has 1 aromatic heterocycles. The molecule has 0 aliphatic rings. The van der Waals surface area contributed by atoms with E-state index in [9.17, 15) is 4.79 Å². The van der Waals surface area contributed by atoms with Gasteiger partial charge in [-0.15, -0.1) is 0 Å². The molecule has 2 aromatic rings. The monoisotopic (exact) mass is 257 g/mol. The van der Waals surface area contributed by atoms with E-state index in [4.69, 9.17) is 4.74 Å². The van der Waals surface area contributed by atoms with Crippen LogP contribution in [0.15, 0.2) is 36.5 Å². The summed E-state index contributed by atoms with van der Waals surface area (Å²) < 4.78 is 5.18. The van der Waals surface area contributed by atoms with E-state index in [-0.39, 0.29) is 11.9 Å². The molecule has 0 unspecified atom stereocenters. The molecule has 3 heteroatoms. The van der Waals surface area contributed by atoms with Crippen molar-refractivity contribution >= 4 is 5.97 Å². The standard InChI is InChI=1S/C16H19NO2/c1-4-19-16(18)14-13(10-17-15(14)11(2)3)12-8-6-5-7-9-12/h5-11,17H,4H2,1-3H3. The SMILES string of the molecule is CCOC(=O)c1c(-c2ccccc2)c[nH]c1C(C)C. The van der Waals surface area contributed by atoms with Gasteiger partial charge in [0.25, 0.3) is 0 Å². The van der Waals surface area contributed by atoms with Crippen LogP contribution in [0.25, 0.3) is 11.1 Å². The van der Waals surface area contributed by atoms with Gasteiger partial charge in [-0.1, -0.05) is 44.2 Å². The van der Waals surface area contributed by atoms with Crippen molar-refractivity contribution in [2.45, 2.75) is 26.7 Å². The molecule has 2 rings (SSSR count). The molecule has 1 heterocycles. The molecule has 100 valence electrons. The van der Waals surface area contributed by atoms with Gasteiger partial charge in [0.05, 0.1) is 12.2 Å². The van der Waals surface area contributed by atoms with E-state index < -0.39 is 0 Å². The second-order valence-corrected chi connectivity index (χ2v) is 4.73. The number of esters is 1. The molecule has 1 N–H and O–H groups in total. The van der Waals surface area contributed by atoms with E-state index in [1.807, 2.05) is 43.5 Å². The zero-order valence-corrected chi connectivity index (χ0v) is 11.6. The highest BCUT2D eigenvalue weighted by Crippen LogP contribution is 2.30. The van der Waals surface area contributed by atoms with Gasteiger partial charge in [-0.05, 0) is 18.4 Å². The number of hydrogen-bond donors (Lipinski definition) is 1. The van der Waals surface area contributed by atoms with Gasteiger partial charge in [0, 0.05) is 17.5 Å². The third-order valence-corrected chi connectivity index (χ3v) is 3.05. The molecule has 0 saturated carbocycles. The number of H-pyrrole nitrogens is 1. The Morgan fingerprint density at radius 1 is 1.26 bits per heavy atom. The summed E-state index contributed by atoms with van der Waals surface area (Å²) in [5.41, 5.74) is 3.51. The lowest BCUT2D eigenvalue weighted by atomic mass is 9.99. The van der Waals surface area contributed by atoms with Gasteiger partial charge >= 0.3 is 5.97 Å². The van der Waals surface area contributed by atoms with Crippen molar-refractivity contribution in [1.29, 1.82) is 0 Å². The summed E-state index contributed by atoms with van der Waals surface area (Å²) in [6.45, 7) is 6.32. The van der Waals surface area contributed by atoms with E-state index in [1.165, 1.54) is 0 Å². The first kappa shape index (κ1) is 13.4. The van der Waals surface area contributed by atoms with Crippen molar-refractivity contribution in [3.63, 3.8) is 0 Å². The van der Waals surface area contributed by atoms with Gasteiger partial charge in [-0.25, -0.2) is 4.79 Å². The fraction of sp³-hybridized carbons (Fsp3) is 0.312. The normalized spacial score (nSPS) is 10.7. The van der Waals surface area contributed by atoms with Crippen LogP contribution >= 0.6 is 0 Å². The molecule has 3 nitrogen and oxygen atoms in total. The maximum atomic E-state index is 12.2. The van der Waals surface area contributed by atoms with Gasteiger partial charge in [-0.3, -0.25) is 0 Å². The van der Waals surface area contributed by atoms with Crippen LogP contribution < -0.4 is 0 Å². The smallest absolute Gasteiger partial charge is 0.340 e. The second-order valence-electron chi connectivity index (χ2n) is 4.73. The number of carbonyl (C=O) groups excluding carboxylic acids is 1. The summed E-state index contributed by atoms with van der Waals surface area (Å²) in [6, 6.07) is 9.88. The van der Waals surface area contributed by atoms with Crippen molar-refractivity contribution < 1.29 is 9.53 Å². The average molecular weight is 257 g/mol. The number of aromatic nitrogens is 1. The van der Waals surface area contributed by atoms with Gasteiger partial charge in [0.1, 0.15) is 0 Å². The van der Waals surface area contributed by atoms with Crippen LogP contribution in [0.2, 0.25) is 0 Å². The maximum absolute atomic E-state index is 12.2. The molecule has 0 radical (unpaired) electrons. The van der Waals surface area contributed by atoms with Crippen LogP contribution in [0.4, 0.5) is 0 Å². The van der Waals surface area contributed by atoms with E-state index in [2.05, 4.69) is 18.8 Å². The lowest BCUT2D eigenvalue weighted by Crippen LogP contribution is -2.08. The molecule has 0 fully saturated rings. The zero-order chi connectivity index (χ0) is 13.8. The molecule has 19 heavy (non-hydrogen) atoms. The van der Waals surface area contributed by atoms with Crippen molar-refractivity contribution in [3.8, 4) is 11.1 Å². The van der Waals surface area contributed by atoms with Crippen molar-refractivity contribution in [3.05, 3.63) is 47.8 Å². The predicted molar refractivity (Wildman–Crippen MR) is 76.3 cm³/mol. The maximum Gasteiger partial charge on any atom is 0.340 e. The number of benzene rings is 1. The fourth-order valence-corrected chi connectivity index (χ4v) is 2.16. The Kier molecular flexibility index (Phi) is 4.05. The van der Waals surface area contributed by atoms with Gasteiger partial charge < -0.3 is 9.72 Å². The summed E-state index contributed by atoms with van der Waals surface area (Å²) >= 11 is 0. The Morgan fingerprint density at radius 3 is 2.53 bits per heavy atom. The Labute approximate surface area is 113 Å². The minimum atomic E-state index is -0.258. The molecule has 0 amide bonds. The van der Waals surface area contributed by atoms with E-state index in [0.717, 1.165) is 16.8 Å². The molecule has 0 bridgehead atoms.